The zero-order valence-electron chi connectivity index (χ0n) is 16.3. The van der Waals surface area contributed by atoms with E-state index in [1.165, 1.54) is 6.20 Å². The van der Waals surface area contributed by atoms with Crippen molar-refractivity contribution in [1.82, 2.24) is 20.0 Å². The van der Waals surface area contributed by atoms with Crippen molar-refractivity contribution < 1.29 is 9.59 Å². The Balaban J connectivity index is 1.35. The topological polar surface area (TPSA) is 79.3 Å². The number of urea groups is 1. The summed E-state index contributed by atoms with van der Waals surface area (Å²) < 4.78 is 1.61. The second-order valence-corrected chi connectivity index (χ2v) is 7.60. The van der Waals surface area contributed by atoms with Crippen LogP contribution in [-0.4, -0.2) is 39.7 Å². The lowest BCUT2D eigenvalue weighted by atomic mass is 10.2. The van der Waals surface area contributed by atoms with Crippen LogP contribution in [0.25, 0.3) is 5.69 Å². The van der Waals surface area contributed by atoms with Crippen molar-refractivity contribution in [2.45, 2.75) is 19.4 Å². The molecule has 8 heteroatoms. The fourth-order valence-corrected chi connectivity index (χ4v) is 3.55. The maximum Gasteiger partial charge on any atom is 0.321 e. The molecule has 0 saturated carbocycles. The first-order valence-electron chi connectivity index (χ1n) is 9.82. The number of anilines is 1. The van der Waals surface area contributed by atoms with Gasteiger partial charge in [-0.1, -0.05) is 29.8 Å². The zero-order valence-corrected chi connectivity index (χ0v) is 17.1. The molecule has 3 aromatic rings. The van der Waals surface area contributed by atoms with Gasteiger partial charge in [-0.3, -0.25) is 4.79 Å². The minimum atomic E-state index is -0.227. The van der Waals surface area contributed by atoms with Crippen molar-refractivity contribution in [2.75, 3.05) is 18.4 Å². The Labute approximate surface area is 179 Å². The molecule has 1 aromatic heterocycles. The molecule has 2 aromatic carbocycles. The maximum atomic E-state index is 12.5. The molecule has 1 aliphatic rings. The number of nitrogens with one attached hydrogen (secondary N) is 2. The van der Waals surface area contributed by atoms with E-state index < -0.39 is 0 Å². The van der Waals surface area contributed by atoms with E-state index in [9.17, 15) is 9.59 Å². The third-order valence-electron chi connectivity index (χ3n) is 4.94. The summed E-state index contributed by atoms with van der Waals surface area (Å²) in [7, 11) is 0. The summed E-state index contributed by atoms with van der Waals surface area (Å²) >= 11 is 6.01. The first kappa shape index (κ1) is 20.0. The van der Waals surface area contributed by atoms with Gasteiger partial charge >= 0.3 is 6.03 Å². The Morgan fingerprint density at radius 3 is 2.67 bits per heavy atom. The van der Waals surface area contributed by atoms with Crippen molar-refractivity contribution in [2.24, 2.45) is 0 Å². The van der Waals surface area contributed by atoms with Crippen LogP contribution in [0.3, 0.4) is 0 Å². The summed E-state index contributed by atoms with van der Waals surface area (Å²) in [6, 6.07) is 14.6. The van der Waals surface area contributed by atoms with Crippen LogP contribution in [0.15, 0.2) is 60.9 Å². The predicted molar refractivity (Wildman–Crippen MR) is 116 cm³/mol. The minimum Gasteiger partial charge on any atom is -0.348 e. The number of halogens is 1. The monoisotopic (exact) mass is 423 g/mol. The molecule has 4 rings (SSSR count). The molecule has 1 aliphatic heterocycles. The van der Waals surface area contributed by atoms with Gasteiger partial charge in [-0.15, -0.1) is 0 Å². The molecule has 154 valence electrons. The average Bonchev–Trinajstić information content (AvgIpc) is 3.44. The number of amides is 3. The number of hydrogen-bond acceptors (Lipinski definition) is 3. The molecule has 0 unspecified atom stereocenters. The average molecular weight is 424 g/mol. The van der Waals surface area contributed by atoms with Crippen molar-refractivity contribution in [1.29, 1.82) is 0 Å². The maximum absolute atomic E-state index is 12.5. The third kappa shape index (κ3) is 4.80. The van der Waals surface area contributed by atoms with E-state index in [1.807, 2.05) is 41.3 Å². The summed E-state index contributed by atoms with van der Waals surface area (Å²) in [5.41, 5.74) is 2.84. The molecule has 0 spiro atoms. The van der Waals surface area contributed by atoms with Crippen LogP contribution in [0.4, 0.5) is 10.5 Å². The van der Waals surface area contributed by atoms with E-state index in [2.05, 4.69) is 15.7 Å². The van der Waals surface area contributed by atoms with Gasteiger partial charge in [0.05, 0.1) is 17.4 Å². The Hall–Kier alpha value is -3.32. The summed E-state index contributed by atoms with van der Waals surface area (Å²) in [5.74, 6) is -0.227. The van der Waals surface area contributed by atoms with E-state index in [-0.39, 0.29) is 11.9 Å². The lowest BCUT2D eigenvalue weighted by Crippen LogP contribution is -2.32. The van der Waals surface area contributed by atoms with Crippen LogP contribution >= 0.6 is 11.6 Å². The van der Waals surface area contributed by atoms with E-state index in [4.69, 9.17) is 11.6 Å². The van der Waals surface area contributed by atoms with Gasteiger partial charge in [-0.05, 0) is 48.7 Å². The SMILES string of the molecule is O=C(NCc1cccc(NC(=O)N2CCCC2)c1)c1cnn(-c2cccc(Cl)c2)c1. The van der Waals surface area contributed by atoms with Gasteiger partial charge in [-0.25, -0.2) is 9.48 Å². The molecule has 0 atom stereocenters. The van der Waals surface area contributed by atoms with E-state index in [0.29, 0.717) is 22.8 Å². The normalized spacial score (nSPS) is 13.3. The van der Waals surface area contributed by atoms with Crippen LogP contribution in [0.5, 0.6) is 0 Å². The van der Waals surface area contributed by atoms with Gasteiger partial charge in [0.1, 0.15) is 0 Å². The number of benzene rings is 2. The number of carbonyl (C=O) groups is 2. The fraction of sp³-hybridized carbons (Fsp3) is 0.227. The summed E-state index contributed by atoms with van der Waals surface area (Å²) in [4.78, 5) is 26.6. The van der Waals surface area contributed by atoms with Gasteiger partial charge in [0.2, 0.25) is 0 Å². The lowest BCUT2D eigenvalue weighted by Gasteiger charge is -2.16. The number of aromatic nitrogens is 2. The van der Waals surface area contributed by atoms with E-state index >= 15 is 0 Å². The summed E-state index contributed by atoms with van der Waals surface area (Å²) in [6.45, 7) is 1.93. The minimum absolute atomic E-state index is 0.0814. The van der Waals surface area contributed by atoms with Crippen molar-refractivity contribution >= 4 is 29.2 Å². The number of hydrogen-bond donors (Lipinski definition) is 2. The Morgan fingerprint density at radius 1 is 1.07 bits per heavy atom. The first-order valence-corrected chi connectivity index (χ1v) is 10.2. The van der Waals surface area contributed by atoms with Crippen LogP contribution < -0.4 is 10.6 Å². The molecular weight excluding hydrogens is 402 g/mol. The largest absolute Gasteiger partial charge is 0.348 e. The van der Waals surface area contributed by atoms with Crippen LogP contribution in [0, 0.1) is 0 Å². The third-order valence-corrected chi connectivity index (χ3v) is 5.18. The Morgan fingerprint density at radius 2 is 1.87 bits per heavy atom. The molecular formula is C22H22ClN5O2. The zero-order chi connectivity index (χ0) is 20.9. The summed E-state index contributed by atoms with van der Waals surface area (Å²) in [5, 5.41) is 10.6. The quantitative estimate of drug-likeness (QED) is 0.648. The number of nitrogens with zero attached hydrogens (tertiary/aromatic N) is 3. The van der Waals surface area contributed by atoms with Crippen molar-refractivity contribution in [3.8, 4) is 5.69 Å². The molecule has 1 fully saturated rings. The molecule has 2 heterocycles. The number of carbonyl (C=O) groups excluding carboxylic acids is 2. The molecule has 30 heavy (non-hydrogen) atoms. The molecule has 2 N–H and O–H groups in total. The molecule has 0 bridgehead atoms. The molecule has 1 saturated heterocycles. The second kappa shape index (κ2) is 9.00. The molecule has 3 amide bonds. The highest BCUT2D eigenvalue weighted by Crippen LogP contribution is 2.16. The van der Waals surface area contributed by atoms with Crippen LogP contribution in [0.2, 0.25) is 5.02 Å². The highest BCUT2D eigenvalue weighted by Gasteiger charge is 2.17. The Kier molecular flexibility index (Phi) is 5.99. The highest BCUT2D eigenvalue weighted by molar-refractivity contribution is 6.30. The van der Waals surface area contributed by atoms with Crippen molar-refractivity contribution in [3.05, 3.63) is 77.1 Å². The standard InChI is InChI=1S/C22H22ClN5O2/c23-18-6-4-8-20(12-18)28-15-17(14-25-28)21(29)24-13-16-5-3-7-19(11-16)26-22(30)27-9-1-2-10-27/h3-8,11-12,14-15H,1-2,9-10,13H2,(H,24,29)(H,26,30). The second-order valence-electron chi connectivity index (χ2n) is 7.16. The van der Waals surface area contributed by atoms with Gasteiger partial charge in [0.25, 0.3) is 5.91 Å². The summed E-state index contributed by atoms with van der Waals surface area (Å²) in [6.07, 6.45) is 5.28. The van der Waals surface area contributed by atoms with Gasteiger partial charge in [-0.2, -0.15) is 5.10 Å². The van der Waals surface area contributed by atoms with E-state index in [0.717, 1.165) is 37.2 Å². The van der Waals surface area contributed by atoms with E-state index in [1.54, 1.807) is 23.0 Å². The number of likely N-dealkylation sites (tertiary alicyclic amines) is 1. The first-order chi connectivity index (χ1) is 14.6. The smallest absolute Gasteiger partial charge is 0.321 e. The molecule has 0 aliphatic carbocycles. The van der Waals surface area contributed by atoms with Crippen LogP contribution in [0.1, 0.15) is 28.8 Å². The fourth-order valence-electron chi connectivity index (χ4n) is 3.37. The Bertz CT molecular complexity index is 1060. The van der Waals surface area contributed by atoms with Crippen LogP contribution in [-0.2, 0) is 6.54 Å². The predicted octanol–water partition coefficient (Wildman–Crippen LogP) is 4.08. The van der Waals surface area contributed by atoms with Gasteiger partial charge in [0, 0.05) is 36.5 Å². The van der Waals surface area contributed by atoms with Crippen molar-refractivity contribution in [3.63, 3.8) is 0 Å². The highest BCUT2D eigenvalue weighted by atomic mass is 35.5. The molecule has 7 nitrogen and oxygen atoms in total. The van der Waals surface area contributed by atoms with Gasteiger partial charge < -0.3 is 15.5 Å². The van der Waals surface area contributed by atoms with Gasteiger partial charge in [0.15, 0.2) is 0 Å². The number of rotatable bonds is 5. The molecule has 0 radical (unpaired) electrons. The lowest BCUT2D eigenvalue weighted by molar-refractivity contribution is 0.0951.